The van der Waals surface area contributed by atoms with Crippen LogP contribution < -0.4 is 0 Å². The first-order valence-corrected chi connectivity index (χ1v) is 13.2. The van der Waals surface area contributed by atoms with Gasteiger partial charge >= 0.3 is 0 Å². The van der Waals surface area contributed by atoms with Crippen molar-refractivity contribution < 1.29 is 0 Å². The fraction of sp³-hybridized carbons (Fsp3) is 0.125. The topological polar surface area (TPSA) is 140 Å². The lowest BCUT2D eigenvalue weighted by Gasteiger charge is -2.11. The zero-order chi connectivity index (χ0) is 29.2. The van der Waals surface area contributed by atoms with Gasteiger partial charge in [0.15, 0.2) is 29.1 Å². The Kier molecular flexibility index (Phi) is 6.90. The summed E-state index contributed by atoms with van der Waals surface area (Å²) in [6.07, 6.45) is 0. The zero-order valence-corrected chi connectivity index (χ0v) is 23.4. The maximum Gasteiger partial charge on any atom is 0.163 e. The molecule has 0 spiro atoms. The van der Waals surface area contributed by atoms with Crippen LogP contribution in [-0.4, -0.2) is 44.9 Å². The summed E-state index contributed by atoms with van der Waals surface area (Å²) in [5.74, 6) is 4.97. The molecule has 10 nitrogen and oxygen atoms in total. The number of nitrogens with zero attached hydrogens (tertiary/aromatic N) is 10. The summed E-state index contributed by atoms with van der Waals surface area (Å²) in [4.78, 5) is 41.6. The Morgan fingerprint density at radius 3 is 1.19 bits per heavy atom. The lowest BCUT2D eigenvalue weighted by Crippen LogP contribution is -2.03. The molecule has 0 bridgehead atoms. The number of aromatic nitrogens is 9. The molecule has 3 aromatic carbocycles. The SMILES string of the molecule is Cc1nc(C)nc(-c2cc(-c3nc(C)nc(-c4ccccc4)n3)cc(-c3nc(C)nc(-c4ccc(C#N)cc4)n3)c2)n1. The van der Waals surface area contributed by atoms with Gasteiger partial charge in [-0.3, -0.25) is 0 Å². The van der Waals surface area contributed by atoms with Gasteiger partial charge in [-0.1, -0.05) is 30.3 Å². The molecule has 0 radical (unpaired) electrons. The maximum absolute atomic E-state index is 9.19. The van der Waals surface area contributed by atoms with Gasteiger partial charge in [0, 0.05) is 27.8 Å². The number of hydrogen-bond donors (Lipinski definition) is 0. The van der Waals surface area contributed by atoms with Crippen LogP contribution in [0.3, 0.4) is 0 Å². The highest BCUT2D eigenvalue weighted by Gasteiger charge is 2.16. The first-order valence-electron chi connectivity index (χ1n) is 13.2. The third-order valence-corrected chi connectivity index (χ3v) is 6.37. The van der Waals surface area contributed by atoms with Gasteiger partial charge in [0.1, 0.15) is 23.3 Å². The van der Waals surface area contributed by atoms with Crippen molar-refractivity contribution >= 4 is 0 Å². The molecule has 0 aliphatic heterocycles. The molecule has 202 valence electrons. The van der Waals surface area contributed by atoms with E-state index in [4.69, 9.17) is 9.97 Å². The van der Waals surface area contributed by atoms with Gasteiger partial charge < -0.3 is 0 Å². The highest BCUT2D eigenvalue weighted by atomic mass is 15.0. The highest BCUT2D eigenvalue weighted by Crippen LogP contribution is 2.31. The van der Waals surface area contributed by atoms with E-state index in [1.54, 1.807) is 12.1 Å². The molecular formula is C32H24N10. The van der Waals surface area contributed by atoms with Crippen LogP contribution in [0.25, 0.3) is 56.9 Å². The van der Waals surface area contributed by atoms with E-state index in [1.807, 2.05) is 88.4 Å². The fourth-order valence-corrected chi connectivity index (χ4v) is 4.52. The second-order valence-corrected chi connectivity index (χ2v) is 9.67. The molecule has 0 unspecified atom stereocenters. The summed E-state index contributed by atoms with van der Waals surface area (Å²) >= 11 is 0. The van der Waals surface area contributed by atoms with E-state index < -0.39 is 0 Å². The van der Waals surface area contributed by atoms with Gasteiger partial charge in [0.05, 0.1) is 11.6 Å². The van der Waals surface area contributed by atoms with Crippen molar-refractivity contribution in [1.82, 2.24) is 44.9 Å². The number of hydrogen-bond acceptors (Lipinski definition) is 10. The molecule has 0 aliphatic rings. The minimum atomic E-state index is 0.474. The standard InChI is InChI=1S/C32H24N10/c1-18-34-19(2)36-30(35-18)25-14-26(31-39-20(3)37-28(41-31)23-8-6-5-7-9-23)16-27(15-25)32-40-21(4)38-29(42-32)24-12-10-22(17-33)11-13-24/h5-16H,1-4H3. The monoisotopic (exact) mass is 548 g/mol. The molecule has 10 heteroatoms. The Bertz CT molecular complexity index is 1960. The minimum absolute atomic E-state index is 0.474. The van der Waals surface area contributed by atoms with Crippen LogP contribution in [0, 0.1) is 39.0 Å². The molecule has 0 saturated carbocycles. The van der Waals surface area contributed by atoms with Crippen LogP contribution in [-0.2, 0) is 0 Å². The van der Waals surface area contributed by atoms with Crippen LogP contribution in [0.2, 0.25) is 0 Å². The summed E-state index contributed by atoms with van der Waals surface area (Å²) in [6, 6.07) is 24.9. The smallest absolute Gasteiger partial charge is 0.163 e. The summed E-state index contributed by atoms with van der Waals surface area (Å²) in [5, 5.41) is 9.19. The lowest BCUT2D eigenvalue weighted by atomic mass is 10.0. The van der Waals surface area contributed by atoms with Crippen molar-refractivity contribution in [1.29, 1.82) is 5.26 Å². The molecule has 0 N–H and O–H groups in total. The molecule has 42 heavy (non-hydrogen) atoms. The van der Waals surface area contributed by atoms with E-state index in [0.29, 0.717) is 58.0 Å². The van der Waals surface area contributed by atoms with Crippen molar-refractivity contribution in [3.05, 3.63) is 102 Å². The Morgan fingerprint density at radius 2 is 0.762 bits per heavy atom. The number of benzene rings is 3. The number of nitriles is 1. The molecule has 0 atom stereocenters. The Morgan fingerprint density at radius 1 is 0.405 bits per heavy atom. The van der Waals surface area contributed by atoms with Crippen molar-refractivity contribution in [2.75, 3.05) is 0 Å². The van der Waals surface area contributed by atoms with E-state index in [0.717, 1.165) is 27.8 Å². The van der Waals surface area contributed by atoms with Crippen LogP contribution in [0.5, 0.6) is 0 Å². The number of aryl methyl sites for hydroxylation is 4. The summed E-state index contributed by atoms with van der Waals surface area (Å²) in [7, 11) is 0. The Hall–Kier alpha value is -5.82. The normalized spacial score (nSPS) is 10.8. The largest absolute Gasteiger partial charge is 0.219 e. The number of rotatable bonds is 5. The molecule has 0 aliphatic carbocycles. The third-order valence-electron chi connectivity index (χ3n) is 6.37. The second-order valence-electron chi connectivity index (χ2n) is 9.67. The van der Waals surface area contributed by atoms with Crippen LogP contribution in [0.1, 0.15) is 28.9 Å². The van der Waals surface area contributed by atoms with E-state index in [9.17, 15) is 5.26 Å². The van der Waals surface area contributed by atoms with Gasteiger partial charge in [-0.25, -0.2) is 44.9 Å². The Balaban J connectivity index is 1.54. The predicted molar refractivity (Wildman–Crippen MR) is 157 cm³/mol. The van der Waals surface area contributed by atoms with E-state index in [1.165, 1.54) is 0 Å². The maximum atomic E-state index is 9.19. The molecule has 6 rings (SSSR count). The lowest BCUT2D eigenvalue weighted by molar-refractivity contribution is 0.928. The molecular weight excluding hydrogens is 524 g/mol. The quantitative estimate of drug-likeness (QED) is 0.264. The van der Waals surface area contributed by atoms with Crippen LogP contribution in [0.15, 0.2) is 72.8 Å². The molecule has 0 fully saturated rings. The summed E-state index contributed by atoms with van der Waals surface area (Å²) < 4.78 is 0. The molecule has 3 heterocycles. The van der Waals surface area contributed by atoms with Crippen molar-refractivity contribution in [2.45, 2.75) is 27.7 Å². The molecule has 3 aromatic heterocycles. The van der Waals surface area contributed by atoms with Gasteiger partial charge in [-0.05, 0) is 70.2 Å². The average molecular weight is 549 g/mol. The average Bonchev–Trinajstić information content (AvgIpc) is 3.00. The van der Waals surface area contributed by atoms with Crippen LogP contribution >= 0.6 is 0 Å². The summed E-state index contributed by atoms with van der Waals surface area (Å²) in [5.41, 5.74) is 4.43. The summed E-state index contributed by atoms with van der Waals surface area (Å²) in [6.45, 7) is 7.34. The zero-order valence-electron chi connectivity index (χ0n) is 23.4. The minimum Gasteiger partial charge on any atom is -0.219 e. The van der Waals surface area contributed by atoms with Crippen LogP contribution in [0.4, 0.5) is 0 Å². The van der Waals surface area contributed by atoms with Crippen molar-refractivity contribution in [3.8, 4) is 63.0 Å². The molecule has 0 amide bonds. The van der Waals surface area contributed by atoms with E-state index in [2.05, 4.69) is 41.0 Å². The van der Waals surface area contributed by atoms with E-state index >= 15 is 0 Å². The van der Waals surface area contributed by atoms with Gasteiger partial charge in [-0.2, -0.15) is 5.26 Å². The second kappa shape index (κ2) is 11.0. The van der Waals surface area contributed by atoms with Crippen molar-refractivity contribution in [2.24, 2.45) is 0 Å². The van der Waals surface area contributed by atoms with Gasteiger partial charge in [0.2, 0.25) is 0 Å². The van der Waals surface area contributed by atoms with E-state index in [-0.39, 0.29) is 0 Å². The fourth-order valence-electron chi connectivity index (χ4n) is 4.52. The van der Waals surface area contributed by atoms with Gasteiger partial charge in [-0.15, -0.1) is 0 Å². The third kappa shape index (κ3) is 5.57. The Labute approximate surface area is 242 Å². The van der Waals surface area contributed by atoms with Gasteiger partial charge in [0.25, 0.3) is 0 Å². The first kappa shape index (κ1) is 26.4. The first-order chi connectivity index (χ1) is 20.3. The predicted octanol–water partition coefficient (Wildman–Crippen LogP) is 5.68. The molecule has 0 saturated heterocycles. The molecule has 6 aromatic rings. The van der Waals surface area contributed by atoms with Crippen molar-refractivity contribution in [3.63, 3.8) is 0 Å². The highest BCUT2D eigenvalue weighted by molar-refractivity contribution is 5.76.